The van der Waals surface area contributed by atoms with Gasteiger partial charge in [-0.25, -0.2) is 4.39 Å². The van der Waals surface area contributed by atoms with E-state index >= 15 is 0 Å². The molecule has 2 aromatic rings. The van der Waals surface area contributed by atoms with Crippen LogP contribution in [0.4, 0.5) is 4.39 Å². The van der Waals surface area contributed by atoms with E-state index in [1.165, 1.54) is 37.5 Å². The van der Waals surface area contributed by atoms with Crippen molar-refractivity contribution < 1.29 is 23.4 Å². The van der Waals surface area contributed by atoms with Crippen LogP contribution in [0.5, 0.6) is 5.75 Å². The van der Waals surface area contributed by atoms with Crippen LogP contribution in [0.2, 0.25) is 0 Å². The molecule has 0 bridgehead atoms. The third-order valence-corrected chi connectivity index (χ3v) is 2.87. The van der Waals surface area contributed by atoms with Gasteiger partial charge in [0.15, 0.2) is 6.61 Å². The van der Waals surface area contributed by atoms with Crippen molar-refractivity contribution >= 4 is 5.91 Å². The average Bonchev–Trinajstić information content (AvgIpc) is 3.00. The smallest absolute Gasteiger partial charge is 0.258 e. The van der Waals surface area contributed by atoms with Gasteiger partial charge in [0.25, 0.3) is 5.91 Å². The largest absolute Gasteiger partial charge is 0.484 e. The molecule has 2 rings (SSSR count). The number of hydrogen-bond acceptors (Lipinski definition) is 4. The average molecular weight is 293 g/mol. The van der Waals surface area contributed by atoms with Crippen molar-refractivity contribution in [1.29, 1.82) is 0 Å². The van der Waals surface area contributed by atoms with E-state index in [2.05, 4.69) is 5.32 Å². The first-order chi connectivity index (χ1) is 9.97. The van der Waals surface area contributed by atoms with Crippen molar-refractivity contribution in [3.8, 4) is 5.75 Å². The fourth-order valence-electron chi connectivity index (χ4n) is 1.67. The van der Waals surface area contributed by atoms with Crippen LogP contribution in [0.15, 0.2) is 47.1 Å². The quantitative estimate of drug-likeness (QED) is 0.852. The lowest BCUT2D eigenvalue weighted by atomic mass is 10.0. The van der Waals surface area contributed by atoms with Gasteiger partial charge in [0.1, 0.15) is 22.9 Å². The Balaban J connectivity index is 1.78. The predicted molar refractivity (Wildman–Crippen MR) is 73.2 cm³/mol. The van der Waals surface area contributed by atoms with E-state index in [1.54, 1.807) is 12.1 Å². The molecule has 0 aliphatic heterocycles. The predicted octanol–water partition coefficient (Wildman–Crippen LogP) is 1.82. The summed E-state index contributed by atoms with van der Waals surface area (Å²) in [6.07, 6.45) is 1.45. The molecule has 21 heavy (non-hydrogen) atoms. The highest BCUT2D eigenvalue weighted by Gasteiger charge is 2.26. The Labute approximate surface area is 121 Å². The molecule has 0 spiro atoms. The molecule has 2 N–H and O–H groups in total. The third-order valence-electron chi connectivity index (χ3n) is 2.87. The molecule has 0 saturated carbocycles. The number of amides is 1. The molecule has 1 aromatic heterocycles. The highest BCUT2D eigenvalue weighted by atomic mass is 19.1. The van der Waals surface area contributed by atoms with E-state index in [1.807, 2.05) is 0 Å². The minimum absolute atomic E-state index is 0.00781. The van der Waals surface area contributed by atoms with Gasteiger partial charge in [0.2, 0.25) is 0 Å². The second-order valence-corrected chi connectivity index (χ2v) is 4.77. The van der Waals surface area contributed by atoms with Crippen molar-refractivity contribution in [2.75, 3.05) is 13.2 Å². The number of halogens is 1. The summed E-state index contributed by atoms with van der Waals surface area (Å²) in [6, 6.07) is 8.64. The number of ether oxygens (including phenoxy) is 1. The van der Waals surface area contributed by atoms with Crippen molar-refractivity contribution in [3.63, 3.8) is 0 Å². The lowest BCUT2D eigenvalue weighted by Gasteiger charge is -2.21. The van der Waals surface area contributed by atoms with E-state index in [9.17, 15) is 14.3 Å². The van der Waals surface area contributed by atoms with Crippen LogP contribution >= 0.6 is 0 Å². The van der Waals surface area contributed by atoms with E-state index in [0.717, 1.165) is 0 Å². The summed E-state index contributed by atoms with van der Waals surface area (Å²) in [5.74, 6) is -0.0148. The topological polar surface area (TPSA) is 71.7 Å². The number of carbonyl (C=O) groups excluding carboxylic acids is 1. The number of carbonyl (C=O) groups is 1. The molecule has 0 aliphatic rings. The van der Waals surface area contributed by atoms with Gasteiger partial charge >= 0.3 is 0 Å². The highest BCUT2D eigenvalue weighted by Crippen LogP contribution is 2.19. The van der Waals surface area contributed by atoms with Crippen molar-refractivity contribution in [2.24, 2.45) is 0 Å². The molecule has 1 unspecified atom stereocenters. The monoisotopic (exact) mass is 293 g/mol. The molecule has 6 heteroatoms. The molecule has 0 fully saturated rings. The molecule has 1 atom stereocenters. The summed E-state index contributed by atoms with van der Waals surface area (Å²) in [7, 11) is 0. The summed E-state index contributed by atoms with van der Waals surface area (Å²) in [6.45, 7) is 1.30. The summed E-state index contributed by atoms with van der Waals surface area (Å²) >= 11 is 0. The van der Waals surface area contributed by atoms with Crippen LogP contribution in [-0.2, 0) is 10.4 Å². The summed E-state index contributed by atoms with van der Waals surface area (Å²) in [5.41, 5.74) is -1.30. The zero-order valence-electron chi connectivity index (χ0n) is 11.5. The molecule has 5 nitrogen and oxygen atoms in total. The molecule has 1 aromatic carbocycles. The number of rotatable bonds is 6. The molecule has 0 aliphatic carbocycles. The van der Waals surface area contributed by atoms with Crippen LogP contribution in [0, 0.1) is 5.82 Å². The van der Waals surface area contributed by atoms with Crippen molar-refractivity contribution in [3.05, 3.63) is 54.2 Å². The molecule has 1 amide bonds. The Morgan fingerprint density at radius 2 is 2.10 bits per heavy atom. The number of hydrogen-bond donors (Lipinski definition) is 2. The lowest BCUT2D eigenvalue weighted by molar-refractivity contribution is -0.124. The molecule has 0 radical (unpaired) electrons. The zero-order valence-corrected chi connectivity index (χ0v) is 11.5. The Morgan fingerprint density at radius 1 is 1.38 bits per heavy atom. The van der Waals surface area contributed by atoms with E-state index < -0.39 is 11.5 Å². The third kappa shape index (κ3) is 4.32. The second-order valence-electron chi connectivity index (χ2n) is 4.77. The fraction of sp³-hybridized carbons (Fsp3) is 0.267. The van der Waals surface area contributed by atoms with Gasteiger partial charge in [-0.3, -0.25) is 4.79 Å². The minimum Gasteiger partial charge on any atom is -0.484 e. The number of benzene rings is 1. The van der Waals surface area contributed by atoms with Gasteiger partial charge in [-0.2, -0.15) is 0 Å². The van der Waals surface area contributed by atoms with Gasteiger partial charge < -0.3 is 19.6 Å². The van der Waals surface area contributed by atoms with E-state index in [-0.39, 0.29) is 19.0 Å². The maximum Gasteiger partial charge on any atom is 0.258 e. The normalized spacial score (nSPS) is 13.5. The van der Waals surface area contributed by atoms with Crippen LogP contribution < -0.4 is 10.1 Å². The Hall–Kier alpha value is -2.34. The van der Waals surface area contributed by atoms with Crippen LogP contribution in [0.1, 0.15) is 12.7 Å². The minimum atomic E-state index is -1.30. The Kier molecular flexibility index (Phi) is 4.59. The standard InChI is InChI=1S/C15H16FNO4/c1-15(19,13-3-2-8-20-13)10-17-14(18)9-21-12-6-4-11(16)5-7-12/h2-8,19H,9-10H2,1H3,(H,17,18). The molecule has 1 heterocycles. The first-order valence-corrected chi connectivity index (χ1v) is 6.39. The zero-order chi connectivity index (χ0) is 15.3. The van der Waals surface area contributed by atoms with Crippen LogP contribution in [0.25, 0.3) is 0 Å². The summed E-state index contributed by atoms with van der Waals surface area (Å²) in [4.78, 5) is 11.6. The van der Waals surface area contributed by atoms with Crippen molar-refractivity contribution in [1.82, 2.24) is 5.32 Å². The van der Waals surface area contributed by atoms with Gasteiger partial charge in [-0.1, -0.05) is 0 Å². The Bertz CT molecular complexity index is 578. The van der Waals surface area contributed by atoms with Crippen LogP contribution in [0.3, 0.4) is 0 Å². The molecule has 112 valence electrons. The van der Waals surface area contributed by atoms with E-state index in [4.69, 9.17) is 9.15 Å². The number of aliphatic hydroxyl groups is 1. The molecular weight excluding hydrogens is 277 g/mol. The highest BCUT2D eigenvalue weighted by molar-refractivity contribution is 5.77. The van der Waals surface area contributed by atoms with Gasteiger partial charge in [0.05, 0.1) is 12.8 Å². The van der Waals surface area contributed by atoms with Gasteiger partial charge in [0, 0.05) is 0 Å². The van der Waals surface area contributed by atoms with Crippen LogP contribution in [-0.4, -0.2) is 24.2 Å². The molecule has 0 saturated heterocycles. The SMILES string of the molecule is CC(O)(CNC(=O)COc1ccc(F)cc1)c1ccco1. The maximum atomic E-state index is 12.7. The fourth-order valence-corrected chi connectivity index (χ4v) is 1.67. The van der Waals surface area contributed by atoms with Crippen molar-refractivity contribution in [2.45, 2.75) is 12.5 Å². The maximum absolute atomic E-state index is 12.7. The molecular formula is C15H16FNO4. The first-order valence-electron chi connectivity index (χ1n) is 6.39. The first kappa shape index (κ1) is 15.1. The summed E-state index contributed by atoms with van der Waals surface area (Å²) in [5, 5.41) is 12.7. The van der Waals surface area contributed by atoms with Gasteiger partial charge in [-0.05, 0) is 43.3 Å². The Morgan fingerprint density at radius 3 is 2.71 bits per heavy atom. The lowest BCUT2D eigenvalue weighted by Crippen LogP contribution is -2.40. The number of furan rings is 1. The summed E-state index contributed by atoms with van der Waals surface area (Å²) < 4.78 is 23.0. The second kappa shape index (κ2) is 6.41. The number of nitrogens with one attached hydrogen (secondary N) is 1. The van der Waals surface area contributed by atoms with Gasteiger partial charge in [-0.15, -0.1) is 0 Å². The van der Waals surface area contributed by atoms with E-state index in [0.29, 0.717) is 11.5 Å².